The average molecular weight is 438 g/mol. The van der Waals surface area contributed by atoms with Crippen molar-refractivity contribution in [2.75, 3.05) is 5.32 Å². The van der Waals surface area contributed by atoms with E-state index in [0.717, 1.165) is 34.3 Å². The van der Waals surface area contributed by atoms with Crippen molar-refractivity contribution in [3.63, 3.8) is 0 Å². The number of nitrogens with one attached hydrogen (secondary N) is 2. The molecule has 1 aromatic heterocycles. The molecule has 142 valence electrons. The quantitative estimate of drug-likeness (QED) is 0.743. The van der Waals surface area contributed by atoms with E-state index in [1.165, 1.54) is 0 Å². The molecule has 1 aromatic carbocycles. The first-order valence-corrected chi connectivity index (χ1v) is 10.0. The summed E-state index contributed by atoms with van der Waals surface area (Å²) in [4.78, 5) is 30.2. The molecule has 1 amide bonds. The fraction of sp³-hybridized carbons (Fsp3) is 0.227. The number of carbonyl (C=O) groups is 2. The first-order valence-electron chi connectivity index (χ1n) is 9.25. The van der Waals surface area contributed by atoms with Gasteiger partial charge in [0.2, 0.25) is 0 Å². The SMILES string of the molecule is CC1=C(C(=O)Nc2cccnc2)[C@@H](c2cccc(Br)c2)C2=C(CCCC2=O)N1. The van der Waals surface area contributed by atoms with E-state index < -0.39 is 5.92 Å². The minimum Gasteiger partial charge on any atom is -0.362 e. The van der Waals surface area contributed by atoms with Crippen LogP contribution in [0.4, 0.5) is 5.69 Å². The third-order valence-corrected chi connectivity index (χ3v) is 5.62. The molecule has 5 nitrogen and oxygen atoms in total. The summed E-state index contributed by atoms with van der Waals surface area (Å²) in [6, 6.07) is 11.4. The topological polar surface area (TPSA) is 71.1 Å². The van der Waals surface area contributed by atoms with Gasteiger partial charge in [-0.2, -0.15) is 0 Å². The van der Waals surface area contributed by atoms with Gasteiger partial charge in [-0.3, -0.25) is 14.6 Å². The summed E-state index contributed by atoms with van der Waals surface area (Å²) in [5.41, 5.74) is 4.54. The van der Waals surface area contributed by atoms with Gasteiger partial charge in [-0.05, 0) is 49.6 Å². The van der Waals surface area contributed by atoms with Gasteiger partial charge in [0.25, 0.3) is 5.91 Å². The van der Waals surface area contributed by atoms with Gasteiger partial charge >= 0.3 is 0 Å². The van der Waals surface area contributed by atoms with E-state index in [2.05, 4.69) is 31.5 Å². The van der Waals surface area contributed by atoms with Crippen LogP contribution in [0.3, 0.4) is 0 Å². The molecule has 0 saturated carbocycles. The molecule has 1 aliphatic heterocycles. The summed E-state index contributed by atoms with van der Waals surface area (Å²) in [5.74, 6) is -0.510. The lowest BCUT2D eigenvalue weighted by Gasteiger charge is -2.34. The highest BCUT2D eigenvalue weighted by Crippen LogP contribution is 2.42. The van der Waals surface area contributed by atoms with Crippen molar-refractivity contribution < 1.29 is 9.59 Å². The zero-order chi connectivity index (χ0) is 19.7. The number of nitrogens with zero attached hydrogens (tertiary/aromatic N) is 1. The monoisotopic (exact) mass is 437 g/mol. The van der Waals surface area contributed by atoms with Gasteiger partial charge in [-0.15, -0.1) is 0 Å². The molecule has 2 N–H and O–H groups in total. The van der Waals surface area contributed by atoms with Gasteiger partial charge in [0, 0.05) is 45.5 Å². The van der Waals surface area contributed by atoms with Crippen LogP contribution in [0.2, 0.25) is 0 Å². The number of ketones is 1. The number of hydrogen-bond acceptors (Lipinski definition) is 4. The van der Waals surface area contributed by atoms with Crippen LogP contribution in [-0.2, 0) is 9.59 Å². The molecule has 0 spiro atoms. The van der Waals surface area contributed by atoms with Crippen molar-refractivity contribution in [1.29, 1.82) is 0 Å². The summed E-state index contributed by atoms with van der Waals surface area (Å²) in [6.45, 7) is 1.89. The van der Waals surface area contributed by atoms with Crippen molar-refractivity contribution in [1.82, 2.24) is 10.3 Å². The van der Waals surface area contributed by atoms with Gasteiger partial charge in [0.05, 0.1) is 11.9 Å². The van der Waals surface area contributed by atoms with Crippen molar-refractivity contribution in [3.05, 3.63) is 81.4 Å². The molecule has 0 saturated heterocycles. The van der Waals surface area contributed by atoms with Crippen LogP contribution in [0.15, 0.2) is 75.8 Å². The van der Waals surface area contributed by atoms with Crippen molar-refractivity contribution in [2.45, 2.75) is 32.1 Å². The summed E-state index contributed by atoms with van der Waals surface area (Å²) in [5, 5.41) is 6.25. The maximum absolute atomic E-state index is 13.2. The lowest BCUT2D eigenvalue weighted by atomic mass is 9.75. The molecule has 2 aromatic rings. The Morgan fingerprint density at radius 1 is 1.25 bits per heavy atom. The number of dihydropyridines is 1. The maximum Gasteiger partial charge on any atom is 0.254 e. The summed E-state index contributed by atoms with van der Waals surface area (Å²) >= 11 is 3.52. The van der Waals surface area contributed by atoms with E-state index >= 15 is 0 Å². The van der Waals surface area contributed by atoms with Gasteiger partial charge in [0.1, 0.15) is 0 Å². The second kappa shape index (κ2) is 7.72. The predicted molar refractivity (Wildman–Crippen MR) is 111 cm³/mol. The van der Waals surface area contributed by atoms with Crippen LogP contribution in [0.25, 0.3) is 0 Å². The largest absolute Gasteiger partial charge is 0.362 e. The minimum atomic E-state index is -0.391. The standard InChI is InChI=1S/C22H20BrN3O2/c1-13-19(22(28)26-16-7-4-10-24-12-16)20(14-5-2-6-15(23)11-14)21-17(25-13)8-3-9-18(21)27/h2,4-7,10-12,20,25H,3,8-9H2,1H3,(H,26,28)/t20-/m1/s1. The molecule has 1 aliphatic carbocycles. The van der Waals surface area contributed by atoms with E-state index in [9.17, 15) is 9.59 Å². The number of Topliss-reactive ketones (excluding diaryl/α,β-unsaturated/α-hetero) is 1. The molecule has 0 unspecified atom stereocenters. The molecule has 28 heavy (non-hydrogen) atoms. The molecule has 0 fully saturated rings. The van der Waals surface area contributed by atoms with Crippen LogP contribution in [-0.4, -0.2) is 16.7 Å². The van der Waals surface area contributed by atoms with Crippen LogP contribution < -0.4 is 10.6 Å². The number of anilines is 1. The van der Waals surface area contributed by atoms with Gasteiger partial charge < -0.3 is 10.6 Å². The van der Waals surface area contributed by atoms with Crippen LogP contribution in [0.5, 0.6) is 0 Å². The summed E-state index contributed by atoms with van der Waals surface area (Å²) in [7, 11) is 0. The second-order valence-corrected chi connectivity index (χ2v) is 7.93. The van der Waals surface area contributed by atoms with E-state index in [1.54, 1.807) is 24.5 Å². The number of rotatable bonds is 3. The highest BCUT2D eigenvalue weighted by atomic mass is 79.9. The van der Waals surface area contributed by atoms with Crippen LogP contribution in [0.1, 0.15) is 37.7 Å². The first-order chi connectivity index (χ1) is 13.5. The summed E-state index contributed by atoms with van der Waals surface area (Å²) in [6.07, 6.45) is 5.43. The Kier molecular flexibility index (Phi) is 5.13. The fourth-order valence-electron chi connectivity index (χ4n) is 3.94. The molecule has 4 rings (SSSR count). The zero-order valence-electron chi connectivity index (χ0n) is 15.5. The van der Waals surface area contributed by atoms with Crippen LogP contribution in [0, 0.1) is 0 Å². The Morgan fingerprint density at radius 3 is 2.86 bits per heavy atom. The summed E-state index contributed by atoms with van der Waals surface area (Å²) < 4.78 is 0.915. The van der Waals surface area contributed by atoms with E-state index in [0.29, 0.717) is 23.3 Å². The Bertz CT molecular complexity index is 1010. The Balaban J connectivity index is 1.80. The Morgan fingerprint density at radius 2 is 2.11 bits per heavy atom. The normalized spacial score (nSPS) is 19.2. The Labute approximate surface area is 172 Å². The maximum atomic E-state index is 13.2. The average Bonchev–Trinajstić information content (AvgIpc) is 2.68. The molecule has 2 heterocycles. The molecule has 6 heteroatoms. The van der Waals surface area contributed by atoms with E-state index in [4.69, 9.17) is 0 Å². The third-order valence-electron chi connectivity index (χ3n) is 5.12. The van der Waals surface area contributed by atoms with Crippen molar-refractivity contribution in [2.24, 2.45) is 0 Å². The number of pyridine rings is 1. The number of benzene rings is 1. The number of allylic oxidation sites excluding steroid dienone is 3. The number of hydrogen-bond donors (Lipinski definition) is 2. The Hall–Kier alpha value is -2.73. The lowest BCUT2D eigenvalue weighted by Crippen LogP contribution is -2.35. The lowest BCUT2D eigenvalue weighted by molar-refractivity contribution is -0.116. The van der Waals surface area contributed by atoms with Gasteiger partial charge in [-0.25, -0.2) is 0 Å². The van der Waals surface area contributed by atoms with Crippen molar-refractivity contribution >= 4 is 33.3 Å². The smallest absolute Gasteiger partial charge is 0.254 e. The van der Waals surface area contributed by atoms with Crippen LogP contribution >= 0.6 is 15.9 Å². The molecular formula is C22H20BrN3O2. The van der Waals surface area contributed by atoms with Gasteiger partial charge in [-0.1, -0.05) is 28.1 Å². The highest BCUT2D eigenvalue weighted by molar-refractivity contribution is 9.10. The number of aromatic nitrogens is 1. The second-order valence-electron chi connectivity index (χ2n) is 7.02. The first kappa shape index (κ1) is 18.6. The van der Waals surface area contributed by atoms with E-state index in [-0.39, 0.29) is 11.7 Å². The zero-order valence-corrected chi connectivity index (χ0v) is 17.0. The fourth-order valence-corrected chi connectivity index (χ4v) is 4.36. The van der Waals surface area contributed by atoms with E-state index in [1.807, 2.05) is 31.2 Å². The minimum absolute atomic E-state index is 0.109. The van der Waals surface area contributed by atoms with Crippen molar-refractivity contribution in [3.8, 4) is 0 Å². The molecule has 2 aliphatic rings. The molecular weight excluding hydrogens is 418 g/mol. The number of carbonyl (C=O) groups excluding carboxylic acids is 2. The highest BCUT2D eigenvalue weighted by Gasteiger charge is 2.38. The molecule has 0 radical (unpaired) electrons. The predicted octanol–water partition coefficient (Wildman–Crippen LogP) is 4.45. The van der Waals surface area contributed by atoms with Gasteiger partial charge in [0.15, 0.2) is 5.78 Å². The molecule has 0 bridgehead atoms. The third kappa shape index (κ3) is 3.52. The number of halogens is 1. The number of amides is 1. The molecule has 1 atom stereocenters.